The van der Waals surface area contributed by atoms with E-state index in [-0.39, 0.29) is 6.03 Å². The van der Waals surface area contributed by atoms with Crippen LogP contribution in [0.25, 0.3) is 10.4 Å². The van der Waals surface area contributed by atoms with E-state index in [1.165, 1.54) is 0 Å². The number of nitrogens with one attached hydrogen (secondary N) is 3. The van der Waals surface area contributed by atoms with Crippen molar-refractivity contribution in [1.82, 2.24) is 19.9 Å². The van der Waals surface area contributed by atoms with Gasteiger partial charge < -0.3 is 25.8 Å². The number of piperazine rings is 1. The van der Waals surface area contributed by atoms with Gasteiger partial charge in [0, 0.05) is 49.8 Å². The molecule has 0 unspecified atom stereocenters. The number of benzene rings is 2. The second-order valence-corrected chi connectivity index (χ2v) is 9.66. The lowest BCUT2D eigenvalue weighted by Gasteiger charge is -2.33. The van der Waals surface area contributed by atoms with Crippen LogP contribution in [0.2, 0.25) is 0 Å². The highest BCUT2D eigenvalue weighted by Gasteiger charge is 2.17. The van der Waals surface area contributed by atoms with E-state index in [1.807, 2.05) is 73.8 Å². The molecular weight excluding hydrogens is 472 g/mol. The van der Waals surface area contributed by atoms with Crippen molar-refractivity contribution in [3.05, 3.63) is 72.7 Å². The normalized spacial score (nSPS) is 13.9. The van der Waals surface area contributed by atoms with Crippen LogP contribution in [0.1, 0.15) is 5.82 Å². The molecule has 2 aromatic carbocycles. The summed E-state index contributed by atoms with van der Waals surface area (Å²) in [5.74, 6) is 2.40. The van der Waals surface area contributed by atoms with Gasteiger partial charge in [-0.3, -0.25) is 0 Å². The fourth-order valence-electron chi connectivity index (χ4n) is 3.92. The number of nitrogens with zero attached hydrogens (tertiary/aromatic N) is 5. The van der Waals surface area contributed by atoms with E-state index >= 15 is 0 Å². The molecule has 0 aliphatic carbocycles. The molecule has 2 amide bonds. The smallest absolute Gasteiger partial charge is 0.323 e. The van der Waals surface area contributed by atoms with E-state index < -0.39 is 0 Å². The minimum absolute atomic E-state index is 0.283. The number of aromatic nitrogens is 3. The van der Waals surface area contributed by atoms with Crippen molar-refractivity contribution in [3.63, 3.8) is 0 Å². The lowest BCUT2D eigenvalue weighted by Crippen LogP contribution is -2.44. The van der Waals surface area contributed by atoms with Crippen LogP contribution < -0.4 is 20.9 Å². The van der Waals surface area contributed by atoms with Gasteiger partial charge in [0.1, 0.15) is 17.5 Å². The Hall–Kier alpha value is -4.02. The molecule has 10 heteroatoms. The third-order valence-electron chi connectivity index (χ3n) is 5.85. The highest BCUT2D eigenvalue weighted by Crippen LogP contribution is 2.31. The quantitative estimate of drug-likeness (QED) is 0.341. The first kappa shape index (κ1) is 23.7. The molecule has 1 aliphatic heterocycles. The van der Waals surface area contributed by atoms with Crippen LogP contribution >= 0.6 is 11.3 Å². The van der Waals surface area contributed by atoms with Gasteiger partial charge in [-0.1, -0.05) is 41.7 Å². The zero-order valence-electron chi connectivity index (χ0n) is 20.2. The average molecular weight is 501 g/mol. The first-order valence-electron chi connectivity index (χ1n) is 11.8. The minimum Gasteiger partial charge on any atom is -0.354 e. The number of likely N-dealkylation sites (N-methyl/N-ethyl adjacent to an activating group) is 1. The van der Waals surface area contributed by atoms with Gasteiger partial charge >= 0.3 is 6.03 Å². The number of thiazole rings is 1. The number of rotatable bonds is 6. The van der Waals surface area contributed by atoms with Crippen molar-refractivity contribution < 1.29 is 4.79 Å². The Bertz CT molecular complexity index is 1320. The van der Waals surface area contributed by atoms with E-state index in [9.17, 15) is 4.79 Å². The number of para-hydroxylation sites is 1. The van der Waals surface area contributed by atoms with E-state index in [0.717, 1.165) is 64.9 Å². The fraction of sp³-hybridized carbons (Fsp3) is 0.231. The second kappa shape index (κ2) is 10.7. The number of carbonyl (C=O) groups is 1. The SMILES string of the molecule is Cc1nc(Nc2ncc(-c3ccc(NC(=O)Nc4ccccc4)cc3)s2)cc(N2CCN(C)CC2)n1. The van der Waals surface area contributed by atoms with E-state index in [0.29, 0.717) is 5.69 Å². The van der Waals surface area contributed by atoms with Crippen LogP contribution in [0.15, 0.2) is 66.9 Å². The first-order valence-corrected chi connectivity index (χ1v) is 12.6. The van der Waals surface area contributed by atoms with Crippen molar-refractivity contribution in [3.8, 4) is 10.4 Å². The Morgan fingerprint density at radius 1 is 0.917 bits per heavy atom. The highest BCUT2D eigenvalue weighted by molar-refractivity contribution is 7.18. The molecule has 1 aliphatic rings. The Morgan fingerprint density at radius 2 is 1.61 bits per heavy atom. The maximum atomic E-state index is 12.2. The molecule has 0 atom stereocenters. The molecule has 3 N–H and O–H groups in total. The van der Waals surface area contributed by atoms with Crippen molar-refractivity contribution >= 4 is 45.5 Å². The third kappa shape index (κ3) is 5.96. The standard InChI is InChI=1S/C26H28N8OS/c1-18-28-23(16-24(29-18)34-14-12-33(2)13-15-34)32-26-27-17-22(36-26)19-8-10-21(11-9-19)31-25(35)30-20-6-4-3-5-7-20/h3-11,16-17H,12-15H2,1-2H3,(H2,30,31,35)(H,27,28,29,32). The summed E-state index contributed by atoms with van der Waals surface area (Å²) < 4.78 is 0. The van der Waals surface area contributed by atoms with Crippen molar-refractivity contribution in [1.29, 1.82) is 0 Å². The molecule has 1 fully saturated rings. The topological polar surface area (TPSA) is 98.3 Å². The predicted molar refractivity (Wildman–Crippen MR) is 146 cm³/mol. The molecule has 0 saturated carbocycles. The van der Waals surface area contributed by atoms with E-state index in [2.05, 4.69) is 47.7 Å². The predicted octanol–water partition coefficient (Wildman–Crippen LogP) is 5.05. The monoisotopic (exact) mass is 500 g/mol. The molecule has 5 rings (SSSR count). The summed E-state index contributed by atoms with van der Waals surface area (Å²) in [5, 5.41) is 9.76. The van der Waals surface area contributed by atoms with Crippen LogP contribution in [-0.4, -0.2) is 59.1 Å². The Morgan fingerprint density at radius 3 is 2.33 bits per heavy atom. The number of hydrogen-bond donors (Lipinski definition) is 3. The minimum atomic E-state index is -0.283. The summed E-state index contributed by atoms with van der Waals surface area (Å²) in [6.45, 7) is 5.86. The van der Waals surface area contributed by atoms with Crippen LogP contribution in [0.5, 0.6) is 0 Å². The Balaban J connectivity index is 1.22. The summed E-state index contributed by atoms with van der Waals surface area (Å²) in [6, 6.07) is 18.7. The first-order chi connectivity index (χ1) is 17.5. The molecule has 1 saturated heterocycles. The molecule has 4 aromatic rings. The van der Waals surface area contributed by atoms with Crippen molar-refractivity contribution in [2.75, 3.05) is 54.1 Å². The zero-order valence-corrected chi connectivity index (χ0v) is 21.0. The van der Waals surface area contributed by atoms with Crippen LogP contribution in [0.3, 0.4) is 0 Å². The van der Waals surface area contributed by atoms with Crippen LogP contribution in [0, 0.1) is 6.92 Å². The van der Waals surface area contributed by atoms with Gasteiger partial charge in [-0.25, -0.2) is 19.7 Å². The zero-order chi connectivity index (χ0) is 24.9. The van der Waals surface area contributed by atoms with Gasteiger partial charge in [0.15, 0.2) is 5.13 Å². The number of urea groups is 1. The fourth-order valence-corrected chi connectivity index (χ4v) is 4.75. The van der Waals surface area contributed by atoms with Gasteiger partial charge in [0.25, 0.3) is 0 Å². The molecule has 2 aromatic heterocycles. The molecule has 0 spiro atoms. The summed E-state index contributed by atoms with van der Waals surface area (Å²) in [5.41, 5.74) is 2.47. The average Bonchev–Trinajstić information content (AvgIpc) is 3.33. The highest BCUT2D eigenvalue weighted by atomic mass is 32.1. The van der Waals surface area contributed by atoms with Gasteiger partial charge in [0.2, 0.25) is 0 Å². The lowest BCUT2D eigenvalue weighted by atomic mass is 10.2. The number of hydrogen-bond acceptors (Lipinski definition) is 8. The maximum absolute atomic E-state index is 12.2. The molecule has 36 heavy (non-hydrogen) atoms. The number of anilines is 5. The second-order valence-electron chi connectivity index (χ2n) is 8.63. The lowest BCUT2D eigenvalue weighted by molar-refractivity contribution is 0.262. The maximum Gasteiger partial charge on any atom is 0.323 e. The molecule has 184 valence electrons. The molecule has 0 radical (unpaired) electrons. The Labute approximate surface area is 214 Å². The molecule has 3 heterocycles. The van der Waals surface area contributed by atoms with Crippen LogP contribution in [-0.2, 0) is 0 Å². The van der Waals surface area contributed by atoms with Crippen molar-refractivity contribution in [2.45, 2.75) is 6.92 Å². The van der Waals surface area contributed by atoms with Crippen LogP contribution in [0.4, 0.5) is 32.9 Å². The van der Waals surface area contributed by atoms with Gasteiger partial charge in [-0.05, 0) is 43.8 Å². The molecule has 0 bridgehead atoms. The number of aryl methyl sites for hydroxylation is 1. The summed E-state index contributed by atoms with van der Waals surface area (Å²) in [6.07, 6.45) is 1.84. The van der Waals surface area contributed by atoms with E-state index in [1.54, 1.807) is 11.3 Å². The summed E-state index contributed by atoms with van der Waals surface area (Å²) in [4.78, 5) is 31.6. The largest absolute Gasteiger partial charge is 0.354 e. The third-order valence-corrected chi connectivity index (χ3v) is 6.81. The number of carbonyl (C=O) groups excluding carboxylic acids is 1. The van der Waals surface area contributed by atoms with Gasteiger partial charge in [-0.15, -0.1) is 0 Å². The molecular formula is C26H28N8OS. The van der Waals surface area contributed by atoms with Gasteiger partial charge in [-0.2, -0.15) is 0 Å². The van der Waals surface area contributed by atoms with Gasteiger partial charge in [0.05, 0.1) is 4.88 Å². The summed E-state index contributed by atoms with van der Waals surface area (Å²) in [7, 11) is 2.14. The number of amides is 2. The molecule has 9 nitrogen and oxygen atoms in total. The van der Waals surface area contributed by atoms with E-state index in [4.69, 9.17) is 0 Å². The van der Waals surface area contributed by atoms with Crippen molar-refractivity contribution in [2.24, 2.45) is 0 Å². The Kier molecular flexibility index (Phi) is 7.06. The summed E-state index contributed by atoms with van der Waals surface area (Å²) >= 11 is 1.55.